The van der Waals surface area contributed by atoms with Gasteiger partial charge in [-0.3, -0.25) is 9.78 Å². The second-order valence-electron chi connectivity index (χ2n) is 4.51. The Morgan fingerprint density at radius 3 is 2.53 bits per heavy atom. The van der Waals surface area contributed by atoms with E-state index in [9.17, 15) is 9.59 Å². The number of carboxylic acids is 1. The molecule has 0 radical (unpaired) electrons. The van der Waals surface area contributed by atoms with Crippen molar-refractivity contribution >= 4 is 12.1 Å². The third kappa shape index (κ3) is 3.67. The van der Waals surface area contributed by atoms with Gasteiger partial charge < -0.3 is 14.7 Å². The second-order valence-corrected chi connectivity index (χ2v) is 4.51. The average molecular weight is 264 g/mol. The van der Waals surface area contributed by atoms with Crippen LogP contribution in [0.4, 0.5) is 4.79 Å². The lowest BCUT2D eigenvalue weighted by Gasteiger charge is -2.29. The molecule has 1 aliphatic heterocycles. The minimum absolute atomic E-state index is 0.209. The van der Waals surface area contributed by atoms with E-state index in [1.165, 1.54) is 0 Å². The number of carboxylic acid groups (broad SMARTS) is 1. The van der Waals surface area contributed by atoms with Crippen molar-refractivity contribution in [1.82, 2.24) is 9.88 Å². The molecular formula is C13H16N2O4. The van der Waals surface area contributed by atoms with Crippen LogP contribution in [-0.4, -0.2) is 40.1 Å². The third-order valence-corrected chi connectivity index (χ3v) is 3.21. The average Bonchev–Trinajstić information content (AvgIpc) is 2.46. The van der Waals surface area contributed by atoms with Crippen LogP contribution >= 0.6 is 0 Å². The van der Waals surface area contributed by atoms with Crippen molar-refractivity contribution in [1.29, 1.82) is 0 Å². The first-order valence-electron chi connectivity index (χ1n) is 6.20. The molecule has 0 aliphatic carbocycles. The van der Waals surface area contributed by atoms with Gasteiger partial charge in [-0.1, -0.05) is 0 Å². The molecule has 0 aromatic carbocycles. The van der Waals surface area contributed by atoms with Crippen LogP contribution in [0.1, 0.15) is 18.4 Å². The van der Waals surface area contributed by atoms with Gasteiger partial charge >= 0.3 is 12.1 Å². The van der Waals surface area contributed by atoms with E-state index in [2.05, 4.69) is 4.98 Å². The summed E-state index contributed by atoms with van der Waals surface area (Å²) in [6.45, 7) is 1.08. The van der Waals surface area contributed by atoms with Crippen molar-refractivity contribution in [3.8, 4) is 0 Å². The topological polar surface area (TPSA) is 79.7 Å². The number of nitrogens with zero attached hydrogens (tertiary/aromatic N) is 2. The second kappa shape index (κ2) is 6.17. The van der Waals surface area contributed by atoms with E-state index in [-0.39, 0.29) is 18.6 Å². The number of piperidine rings is 1. The van der Waals surface area contributed by atoms with Crippen LogP contribution in [0.3, 0.4) is 0 Å². The monoisotopic (exact) mass is 264 g/mol. The molecule has 19 heavy (non-hydrogen) atoms. The first-order valence-corrected chi connectivity index (χ1v) is 6.20. The van der Waals surface area contributed by atoms with Crippen LogP contribution < -0.4 is 0 Å². The van der Waals surface area contributed by atoms with Crippen LogP contribution in [0.5, 0.6) is 0 Å². The number of likely N-dealkylation sites (tertiary alicyclic amines) is 1. The van der Waals surface area contributed by atoms with Gasteiger partial charge in [0.25, 0.3) is 0 Å². The molecule has 102 valence electrons. The Morgan fingerprint density at radius 1 is 1.32 bits per heavy atom. The van der Waals surface area contributed by atoms with E-state index in [0.717, 1.165) is 5.56 Å². The normalized spacial score (nSPS) is 16.1. The highest BCUT2D eigenvalue weighted by Crippen LogP contribution is 2.18. The Morgan fingerprint density at radius 2 is 1.95 bits per heavy atom. The molecule has 1 amide bonds. The zero-order chi connectivity index (χ0) is 13.7. The van der Waals surface area contributed by atoms with Crippen LogP contribution in [0, 0.1) is 5.92 Å². The van der Waals surface area contributed by atoms with Crippen LogP contribution in [0.15, 0.2) is 24.5 Å². The fourth-order valence-electron chi connectivity index (χ4n) is 2.02. The number of aromatic nitrogens is 1. The Labute approximate surface area is 111 Å². The predicted molar refractivity (Wildman–Crippen MR) is 66.4 cm³/mol. The van der Waals surface area contributed by atoms with E-state index in [4.69, 9.17) is 9.84 Å². The van der Waals surface area contributed by atoms with Crippen LogP contribution in [-0.2, 0) is 16.1 Å². The summed E-state index contributed by atoms with van der Waals surface area (Å²) < 4.78 is 5.18. The van der Waals surface area contributed by atoms with Gasteiger partial charge in [0.15, 0.2) is 0 Å². The largest absolute Gasteiger partial charge is 0.481 e. The predicted octanol–water partition coefficient (Wildman–Crippen LogP) is 1.51. The highest BCUT2D eigenvalue weighted by Gasteiger charge is 2.27. The highest BCUT2D eigenvalue weighted by molar-refractivity contribution is 5.71. The Bertz CT molecular complexity index is 441. The fraction of sp³-hybridized carbons (Fsp3) is 0.462. The first-order chi connectivity index (χ1) is 9.16. The van der Waals surface area contributed by atoms with Gasteiger partial charge in [0.05, 0.1) is 5.92 Å². The molecule has 1 aromatic rings. The zero-order valence-electron chi connectivity index (χ0n) is 10.5. The maximum absolute atomic E-state index is 11.8. The van der Waals surface area contributed by atoms with E-state index >= 15 is 0 Å². The number of aliphatic carboxylic acids is 1. The number of pyridine rings is 1. The Hall–Kier alpha value is -2.11. The Kier molecular flexibility index (Phi) is 4.33. The van der Waals surface area contributed by atoms with E-state index in [1.54, 1.807) is 29.4 Å². The van der Waals surface area contributed by atoms with E-state index in [0.29, 0.717) is 25.9 Å². The number of hydrogen-bond acceptors (Lipinski definition) is 4. The van der Waals surface area contributed by atoms with Gasteiger partial charge in [0.1, 0.15) is 6.61 Å². The van der Waals surface area contributed by atoms with Gasteiger partial charge in [-0.25, -0.2) is 4.79 Å². The minimum atomic E-state index is -0.787. The standard InChI is InChI=1S/C13H16N2O4/c16-12(17)11-3-7-15(8-4-11)13(18)19-9-10-1-5-14-6-2-10/h1-2,5-6,11H,3-4,7-9H2,(H,16,17). The molecule has 0 spiro atoms. The molecule has 2 rings (SSSR count). The summed E-state index contributed by atoms with van der Waals surface area (Å²) in [5.74, 6) is -1.13. The maximum atomic E-state index is 11.8. The summed E-state index contributed by atoms with van der Waals surface area (Å²) in [5, 5.41) is 8.87. The molecule has 0 saturated carbocycles. The van der Waals surface area contributed by atoms with E-state index in [1.807, 2.05) is 0 Å². The number of amides is 1. The molecule has 1 fully saturated rings. The number of rotatable bonds is 3. The van der Waals surface area contributed by atoms with Gasteiger partial charge in [-0.15, -0.1) is 0 Å². The highest BCUT2D eigenvalue weighted by atomic mass is 16.6. The molecule has 0 atom stereocenters. The molecule has 6 nitrogen and oxygen atoms in total. The van der Waals surface area contributed by atoms with Crippen molar-refractivity contribution in [2.24, 2.45) is 5.92 Å². The van der Waals surface area contributed by atoms with Gasteiger partial charge in [-0.2, -0.15) is 0 Å². The fourth-order valence-corrected chi connectivity index (χ4v) is 2.02. The number of carbonyl (C=O) groups excluding carboxylic acids is 1. The minimum Gasteiger partial charge on any atom is -0.481 e. The van der Waals surface area contributed by atoms with Gasteiger partial charge in [-0.05, 0) is 30.5 Å². The van der Waals surface area contributed by atoms with Crippen molar-refractivity contribution in [3.63, 3.8) is 0 Å². The quantitative estimate of drug-likeness (QED) is 0.895. The first kappa shape index (κ1) is 13.3. The SMILES string of the molecule is O=C(O)C1CCN(C(=O)OCc2ccncc2)CC1. The van der Waals surface area contributed by atoms with Gasteiger partial charge in [0.2, 0.25) is 0 Å². The maximum Gasteiger partial charge on any atom is 0.410 e. The summed E-state index contributed by atoms with van der Waals surface area (Å²) in [6, 6.07) is 3.56. The summed E-state index contributed by atoms with van der Waals surface area (Å²) >= 11 is 0. The molecular weight excluding hydrogens is 248 g/mol. The van der Waals surface area contributed by atoms with Crippen LogP contribution in [0.2, 0.25) is 0 Å². The zero-order valence-corrected chi connectivity index (χ0v) is 10.5. The van der Waals surface area contributed by atoms with Crippen molar-refractivity contribution in [3.05, 3.63) is 30.1 Å². The summed E-state index contributed by atoms with van der Waals surface area (Å²) in [5.41, 5.74) is 0.878. The summed E-state index contributed by atoms with van der Waals surface area (Å²) in [4.78, 5) is 28.0. The van der Waals surface area contributed by atoms with Crippen molar-refractivity contribution in [2.45, 2.75) is 19.4 Å². The Balaban J connectivity index is 1.77. The number of carbonyl (C=O) groups is 2. The molecule has 1 saturated heterocycles. The molecule has 2 heterocycles. The molecule has 0 bridgehead atoms. The molecule has 6 heteroatoms. The number of ether oxygens (including phenoxy) is 1. The van der Waals surface area contributed by atoms with Crippen molar-refractivity contribution < 1.29 is 19.4 Å². The van der Waals surface area contributed by atoms with Crippen molar-refractivity contribution in [2.75, 3.05) is 13.1 Å². The van der Waals surface area contributed by atoms with E-state index < -0.39 is 5.97 Å². The molecule has 1 aliphatic rings. The lowest BCUT2D eigenvalue weighted by Crippen LogP contribution is -2.40. The number of hydrogen-bond donors (Lipinski definition) is 1. The van der Waals surface area contributed by atoms with Gasteiger partial charge in [0, 0.05) is 25.5 Å². The lowest BCUT2D eigenvalue weighted by molar-refractivity contribution is -0.143. The summed E-state index contributed by atoms with van der Waals surface area (Å²) in [7, 11) is 0. The summed E-state index contributed by atoms with van der Waals surface area (Å²) in [6.07, 6.45) is 3.86. The smallest absolute Gasteiger partial charge is 0.410 e. The third-order valence-electron chi connectivity index (χ3n) is 3.21. The van der Waals surface area contributed by atoms with Crippen LogP contribution in [0.25, 0.3) is 0 Å². The molecule has 1 N–H and O–H groups in total. The molecule has 1 aromatic heterocycles. The lowest BCUT2D eigenvalue weighted by atomic mass is 9.97. The molecule has 0 unspecified atom stereocenters.